The van der Waals surface area contributed by atoms with Crippen LogP contribution in [0.4, 0.5) is 0 Å². The normalized spacial score (nSPS) is 9.81. The van der Waals surface area contributed by atoms with E-state index < -0.39 is 7.32 Å². The standard InChI is InChI=1S/3C9H8N2.BO3/c3*1-2-11-7-10-8-5-3-4-6-9(8)11;2-1(3)4/h3*2-7H,1H2;/q;;;-3/p+3. The number of fused-ring (bicyclic) bond motifs is 3. The van der Waals surface area contributed by atoms with Crippen molar-refractivity contribution in [2.75, 3.05) is 0 Å². The third kappa shape index (κ3) is 7.12. The van der Waals surface area contributed by atoms with E-state index in [1.165, 1.54) is 0 Å². The van der Waals surface area contributed by atoms with E-state index in [-0.39, 0.29) is 0 Å². The second-order valence-electron chi connectivity index (χ2n) is 7.43. The number of benzene rings is 3. The maximum Gasteiger partial charge on any atom is 0.247 e. The summed E-state index contributed by atoms with van der Waals surface area (Å²) in [6.07, 6.45) is 11.0. The Morgan fingerprint density at radius 2 is 0.757 bits per heavy atom. The van der Waals surface area contributed by atoms with Crippen LogP contribution in [0.1, 0.15) is 0 Å². The fourth-order valence-electron chi connectivity index (χ4n) is 3.54. The minimum Gasteiger partial charge on any atom is -0.907 e. The molecule has 3 aromatic heterocycles. The summed E-state index contributed by atoms with van der Waals surface area (Å²) < 4.78 is 5.86. The van der Waals surface area contributed by atoms with Crippen LogP contribution >= 0.6 is 0 Å². The highest BCUT2D eigenvalue weighted by atomic mass is 16.5. The van der Waals surface area contributed by atoms with Crippen molar-refractivity contribution in [1.29, 1.82) is 0 Å². The van der Waals surface area contributed by atoms with Crippen molar-refractivity contribution in [3.8, 4) is 0 Å². The van der Waals surface area contributed by atoms with E-state index in [9.17, 15) is 0 Å². The van der Waals surface area contributed by atoms with E-state index in [4.69, 9.17) is 15.1 Å². The Labute approximate surface area is 214 Å². The summed E-state index contributed by atoms with van der Waals surface area (Å²) in [6, 6.07) is 24.3. The molecule has 0 bridgehead atoms. The van der Waals surface area contributed by atoms with Gasteiger partial charge in [0.1, 0.15) is 0 Å². The zero-order valence-electron chi connectivity index (χ0n) is 20.2. The van der Waals surface area contributed by atoms with Crippen molar-refractivity contribution < 1.29 is 28.8 Å². The van der Waals surface area contributed by atoms with Gasteiger partial charge in [0.05, 0.1) is 18.6 Å². The predicted molar refractivity (Wildman–Crippen MR) is 140 cm³/mol. The van der Waals surface area contributed by atoms with Gasteiger partial charge in [-0.25, -0.2) is 28.7 Å². The van der Waals surface area contributed by atoms with Crippen LogP contribution in [0.15, 0.2) is 112 Å². The molecule has 3 heterocycles. The Morgan fingerprint density at radius 1 is 0.514 bits per heavy atom. The van der Waals surface area contributed by atoms with E-state index in [0.717, 1.165) is 33.1 Å². The minimum atomic E-state index is -2.92. The van der Waals surface area contributed by atoms with Gasteiger partial charge >= 0.3 is 0 Å². The van der Waals surface area contributed by atoms with Crippen molar-refractivity contribution in [3.63, 3.8) is 0 Å². The number of nitrogens with zero attached hydrogens (tertiary/aromatic N) is 3. The number of nitrogens with one attached hydrogen (secondary N) is 3. The topological polar surface area (TPSA) is 128 Å². The first kappa shape index (κ1) is 26.8. The molecule has 0 radical (unpaired) electrons. The van der Waals surface area contributed by atoms with Gasteiger partial charge in [-0.15, -0.1) is 0 Å². The second kappa shape index (κ2) is 13.4. The SMILES string of the molecule is C=C[n+]1c[nH]c2ccccc21.C=C[n+]1c[nH]c2ccccc21.C=C[n+]1c[nH]c2ccccc21.[O-]B([O-])[O-]. The van der Waals surface area contributed by atoms with Gasteiger partial charge in [0.25, 0.3) is 0 Å². The number of aromatic nitrogens is 6. The average Bonchev–Trinajstić information content (AvgIpc) is 3.65. The molecule has 10 heteroatoms. The van der Waals surface area contributed by atoms with Crippen LogP contribution in [0, 0.1) is 0 Å². The maximum atomic E-state index is 8.42. The van der Waals surface area contributed by atoms with Crippen LogP contribution in [0.25, 0.3) is 51.7 Å². The zero-order chi connectivity index (χ0) is 26.6. The van der Waals surface area contributed by atoms with Crippen LogP contribution in [-0.2, 0) is 0 Å². The Balaban J connectivity index is 0.000000144. The molecule has 9 nitrogen and oxygen atoms in total. The number of aromatic amines is 3. The monoisotopic (exact) mass is 494 g/mol. The van der Waals surface area contributed by atoms with E-state index in [1.807, 2.05) is 105 Å². The molecule has 3 aromatic carbocycles. The molecule has 6 rings (SSSR count). The highest BCUT2D eigenvalue weighted by Crippen LogP contribution is 2.06. The summed E-state index contributed by atoms with van der Waals surface area (Å²) >= 11 is 0. The fourth-order valence-corrected chi connectivity index (χ4v) is 3.54. The highest BCUT2D eigenvalue weighted by molar-refractivity contribution is 6.24. The van der Waals surface area contributed by atoms with Crippen LogP contribution in [0.5, 0.6) is 0 Å². The van der Waals surface area contributed by atoms with Crippen molar-refractivity contribution in [1.82, 2.24) is 15.0 Å². The molecule has 186 valence electrons. The lowest BCUT2D eigenvalue weighted by molar-refractivity contribution is -0.538. The molecule has 0 saturated heterocycles. The lowest BCUT2D eigenvalue weighted by Gasteiger charge is -2.35. The van der Waals surface area contributed by atoms with Crippen molar-refractivity contribution >= 4 is 59.0 Å². The molecule has 0 saturated carbocycles. The van der Waals surface area contributed by atoms with Gasteiger partial charge in [-0.05, 0) is 36.4 Å². The molecular formula is C27H27BN6O3. The number of H-pyrrole nitrogens is 3. The fraction of sp³-hybridized carbons (Fsp3) is 0. The van der Waals surface area contributed by atoms with Crippen molar-refractivity contribution in [2.24, 2.45) is 0 Å². The summed E-state index contributed by atoms with van der Waals surface area (Å²) in [5.74, 6) is 0. The Morgan fingerprint density at radius 3 is 1.00 bits per heavy atom. The quantitative estimate of drug-likeness (QED) is 0.248. The molecule has 0 atom stereocenters. The van der Waals surface area contributed by atoms with Gasteiger partial charge in [0.2, 0.25) is 19.0 Å². The summed E-state index contributed by atoms with van der Waals surface area (Å²) in [4.78, 5) is 9.39. The second-order valence-corrected chi connectivity index (χ2v) is 7.43. The first-order valence-electron chi connectivity index (χ1n) is 11.2. The summed E-state index contributed by atoms with van der Waals surface area (Å²) in [7, 11) is -2.92. The molecule has 0 aliphatic rings. The number of hydrogen-bond acceptors (Lipinski definition) is 3. The maximum absolute atomic E-state index is 8.42. The molecule has 0 aliphatic heterocycles. The molecular weight excluding hydrogens is 467 g/mol. The summed E-state index contributed by atoms with van der Waals surface area (Å²) in [5.41, 5.74) is 6.86. The summed E-state index contributed by atoms with van der Waals surface area (Å²) in [6.45, 7) is 11.1. The van der Waals surface area contributed by atoms with E-state index in [0.29, 0.717) is 0 Å². The van der Waals surface area contributed by atoms with Crippen LogP contribution in [0.2, 0.25) is 0 Å². The van der Waals surface area contributed by atoms with Gasteiger partial charge in [0, 0.05) is 0 Å². The molecule has 0 unspecified atom stereocenters. The molecule has 6 aromatic rings. The van der Waals surface area contributed by atoms with Crippen LogP contribution in [-0.4, -0.2) is 22.3 Å². The molecule has 0 amide bonds. The number of rotatable bonds is 3. The van der Waals surface area contributed by atoms with Gasteiger partial charge in [-0.3, -0.25) is 7.32 Å². The smallest absolute Gasteiger partial charge is 0.247 e. The van der Waals surface area contributed by atoms with Gasteiger partial charge < -0.3 is 15.1 Å². The number of hydrogen-bond donors (Lipinski definition) is 3. The van der Waals surface area contributed by atoms with Crippen molar-refractivity contribution in [2.45, 2.75) is 0 Å². The predicted octanol–water partition coefficient (Wildman–Crippen LogP) is 0.720. The van der Waals surface area contributed by atoms with Crippen LogP contribution < -0.4 is 28.8 Å². The molecule has 37 heavy (non-hydrogen) atoms. The number of para-hydroxylation sites is 6. The Kier molecular flexibility index (Phi) is 9.69. The minimum absolute atomic E-state index is 1.13. The van der Waals surface area contributed by atoms with E-state index in [2.05, 4.69) is 34.7 Å². The van der Waals surface area contributed by atoms with E-state index in [1.54, 1.807) is 18.6 Å². The van der Waals surface area contributed by atoms with Gasteiger partial charge in [0.15, 0.2) is 33.1 Å². The molecule has 3 N–H and O–H groups in total. The summed E-state index contributed by atoms with van der Waals surface area (Å²) in [5, 5.41) is 25.2. The third-order valence-corrected chi connectivity index (χ3v) is 5.21. The third-order valence-electron chi connectivity index (χ3n) is 5.21. The van der Waals surface area contributed by atoms with Crippen molar-refractivity contribution in [3.05, 3.63) is 112 Å². The van der Waals surface area contributed by atoms with E-state index >= 15 is 0 Å². The van der Waals surface area contributed by atoms with Crippen LogP contribution in [0.3, 0.4) is 0 Å². The van der Waals surface area contributed by atoms with Gasteiger partial charge in [-0.2, -0.15) is 0 Å². The van der Waals surface area contributed by atoms with Gasteiger partial charge in [-0.1, -0.05) is 56.1 Å². The zero-order valence-corrected chi connectivity index (χ0v) is 20.2. The largest absolute Gasteiger partial charge is 0.907 e. The molecule has 0 spiro atoms. The Bertz CT molecular complexity index is 1410. The first-order valence-corrected chi connectivity index (χ1v) is 11.2. The lowest BCUT2D eigenvalue weighted by atomic mass is 10.3. The average molecular weight is 494 g/mol. The highest BCUT2D eigenvalue weighted by Gasteiger charge is 2.05. The lowest BCUT2D eigenvalue weighted by Crippen LogP contribution is -2.56. The number of imidazole rings is 3. The molecule has 0 aliphatic carbocycles. The Hall–Kier alpha value is -4.77. The first-order chi connectivity index (χ1) is 18.0. The molecule has 0 fully saturated rings.